The number of rotatable bonds is 7. The summed E-state index contributed by atoms with van der Waals surface area (Å²) in [5, 5.41) is 1.88. The first-order valence-corrected chi connectivity index (χ1v) is 23.4. The molecule has 330 valence electrons. The minimum Gasteiger partial charge on any atom is -0.497 e. The van der Waals surface area contributed by atoms with Crippen molar-refractivity contribution < 1.29 is 32.1 Å². The molecule has 10 rings (SSSR count). The quantitative estimate of drug-likeness (QED) is 0.149. The van der Waals surface area contributed by atoms with Gasteiger partial charge in [0.25, 0.3) is 0 Å². The van der Waals surface area contributed by atoms with Crippen LogP contribution in [0.1, 0.15) is 80.3 Å². The van der Waals surface area contributed by atoms with Crippen LogP contribution < -0.4 is 19.1 Å². The molecule has 6 aromatic carbocycles. The summed E-state index contributed by atoms with van der Waals surface area (Å²) in [6, 6.07) is 33.8. The van der Waals surface area contributed by atoms with Gasteiger partial charge in [0.15, 0.2) is 5.60 Å². The topological polar surface area (TPSA) is 40.2 Å². The van der Waals surface area contributed by atoms with E-state index in [1.54, 1.807) is 32.0 Å². The molecule has 5 nitrogen and oxygen atoms in total. The molecule has 0 amide bonds. The number of hydrogen-bond acceptors (Lipinski definition) is 6. The van der Waals surface area contributed by atoms with Gasteiger partial charge in [-0.1, -0.05) is 76.2 Å². The van der Waals surface area contributed by atoms with E-state index < -0.39 is 22.8 Å². The van der Waals surface area contributed by atoms with Crippen LogP contribution in [0.5, 0.6) is 17.2 Å². The number of anilines is 1. The van der Waals surface area contributed by atoms with Crippen LogP contribution in [0.15, 0.2) is 114 Å². The molecule has 9 heteroatoms. The molecule has 6 aromatic rings. The Bertz CT molecular complexity index is 2740. The Kier molecular flexibility index (Phi) is 10.2. The zero-order valence-corrected chi connectivity index (χ0v) is 38.4. The Morgan fingerprint density at radius 2 is 1.30 bits per heavy atom. The number of thioether (sulfide) groups is 1. The number of benzene rings is 6. The lowest BCUT2D eigenvalue weighted by atomic mass is 9.52. The number of alkyl halides is 3. The van der Waals surface area contributed by atoms with Crippen molar-refractivity contribution in [3.05, 3.63) is 143 Å². The molecule has 0 radical (unpaired) electrons. The normalized spacial score (nSPS) is 18.9. The van der Waals surface area contributed by atoms with Gasteiger partial charge in [0.05, 0.1) is 33.0 Å². The zero-order valence-electron chi connectivity index (χ0n) is 37.5. The van der Waals surface area contributed by atoms with Crippen molar-refractivity contribution in [2.24, 2.45) is 10.8 Å². The van der Waals surface area contributed by atoms with Crippen molar-refractivity contribution in [2.45, 2.75) is 69.0 Å². The Hall–Kier alpha value is -5.38. The molecular weight excluding hydrogens is 828 g/mol. The van der Waals surface area contributed by atoms with E-state index in [0.29, 0.717) is 31.8 Å². The van der Waals surface area contributed by atoms with Crippen LogP contribution in [0.3, 0.4) is 0 Å². The number of hydrogen-bond donors (Lipinski definition) is 0. The average molecular weight is 882 g/mol. The lowest BCUT2D eigenvalue weighted by molar-refractivity contribution is -0.137. The highest BCUT2D eigenvalue weighted by Gasteiger charge is 2.56. The van der Waals surface area contributed by atoms with Gasteiger partial charge in [0, 0.05) is 51.2 Å². The number of fused-ring (bicyclic) bond motifs is 10. The van der Waals surface area contributed by atoms with Crippen LogP contribution in [0.2, 0.25) is 0 Å². The fourth-order valence-electron chi connectivity index (χ4n) is 12.1. The van der Waals surface area contributed by atoms with Crippen molar-refractivity contribution in [1.82, 2.24) is 0 Å². The van der Waals surface area contributed by atoms with Crippen LogP contribution in [-0.2, 0) is 21.9 Å². The van der Waals surface area contributed by atoms with E-state index in [1.165, 1.54) is 12.1 Å². The Labute approximate surface area is 378 Å². The second kappa shape index (κ2) is 15.4. The Balaban J connectivity index is 1.29. The maximum absolute atomic E-state index is 14.9. The molecule has 1 spiro atoms. The molecule has 1 saturated carbocycles. The lowest BCUT2D eigenvalue weighted by Gasteiger charge is -2.52. The fraction of sp³-hybridized carbons (Fsp3) is 0.345. The number of morpholine rings is 1. The molecule has 2 heterocycles. The molecule has 2 fully saturated rings. The number of methoxy groups -OCH3 is 2. The summed E-state index contributed by atoms with van der Waals surface area (Å²) in [4.78, 5) is 3.43. The van der Waals surface area contributed by atoms with Crippen molar-refractivity contribution in [2.75, 3.05) is 51.7 Å². The SMILES string of the molecule is COc1ccc(C2(c3ccc(OC)cc3)C=Cc3c4c(c5cc(SC)c(-c6ccc(N7CCOCC7)cc6)cc5c3O2)-c2ccc(C(F)(F)F)cc2C42CC(C)(C)CC(C)(C)C2)cc1. The molecule has 2 aliphatic heterocycles. The molecule has 0 unspecified atom stereocenters. The van der Waals surface area contributed by atoms with E-state index >= 15 is 0 Å². The van der Waals surface area contributed by atoms with E-state index in [4.69, 9.17) is 18.9 Å². The van der Waals surface area contributed by atoms with Gasteiger partial charge in [-0.05, 0) is 142 Å². The summed E-state index contributed by atoms with van der Waals surface area (Å²) in [6.45, 7) is 12.2. The average Bonchev–Trinajstić information content (AvgIpc) is 3.55. The highest BCUT2D eigenvalue weighted by molar-refractivity contribution is 7.98. The maximum Gasteiger partial charge on any atom is 0.416 e. The van der Waals surface area contributed by atoms with E-state index in [1.807, 2.05) is 48.5 Å². The lowest BCUT2D eigenvalue weighted by Crippen LogP contribution is -2.44. The molecule has 2 aliphatic carbocycles. The first-order valence-electron chi connectivity index (χ1n) is 22.1. The molecule has 0 bridgehead atoms. The smallest absolute Gasteiger partial charge is 0.416 e. The van der Waals surface area contributed by atoms with Gasteiger partial charge in [-0.2, -0.15) is 13.2 Å². The van der Waals surface area contributed by atoms with Gasteiger partial charge in [0.1, 0.15) is 17.2 Å². The summed E-state index contributed by atoms with van der Waals surface area (Å²) in [7, 11) is 3.31. The predicted molar refractivity (Wildman–Crippen MR) is 253 cm³/mol. The number of nitrogens with zero attached hydrogens (tertiary/aromatic N) is 1. The van der Waals surface area contributed by atoms with Crippen LogP contribution in [0.4, 0.5) is 18.9 Å². The molecular formula is C55H54F3NO4S. The maximum atomic E-state index is 14.9. The van der Waals surface area contributed by atoms with Gasteiger partial charge in [-0.15, -0.1) is 11.8 Å². The summed E-state index contributed by atoms with van der Waals surface area (Å²) in [5.41, 5.74) is 6.95. The molecule has 0 atom stereocenters. The van der Waals surface area contributed by atoms with Crippen molar-refractivity contribution in [3.8, 4) is 39.5 Å². The zero-order chi connectivity index (χ0) is 44.8. The van der Waals surface area contributed by atoms with Crippen molar-refractivity contribution in [3.63, 3.8) is 0 Å². The predicted octanol–water partition coefficient (Wildman–Crippen LogP) is 14.0. The van der Waals surface area contributed by atoms with Crippen LogP contribution in [-0.4, -0.2) is 46.8 Å². The van der Waals surface area contributed by atoms with Crippen LogP contribution in [0, 0.1) is 10.8 Å². The Morgan fingerprint density at radius 1 is 0.688 bits per heavy atom. The third-order valence-corrected chi connectivity index (χ3v) is 14.9. The van der Waals surface area contributed by atoms with Crippen molar-refractivity contribution in [1.29, 1.82) is 0 Å². The largest absolute Gasteiger partial charge is 0.497 e. The van der Waals surface area contributed by atoms with E-state index in [0.717, 1.165) is 102 Å². The van der Waals surface area contributed by atoms with E-state index in [2.05, 4.69) is 87.4 Å². The first-order chi connectivity index (χ1) is 30.6. The van der Waals surface area contributed by atoms with E-state index in [-0.39, 0.29) is 10.8 Å². The van der Waals surface area contributed by atoms with Gasteiger partial charge >= 0.3 is 6.18 Å². The van der Waals surface area contributed by atoms with Crippen LogP contribution >= 0.6 is 11.8 Å². The highest BCUT2D eigenvalue weighted by Crippen LogP contribution is 2.67. The fourth-order valence-corrected chi connectivity index (χ4v) is 12.8. The third-order valence-electron chi connectivity index (χ3n) is 14.1. The monoisotopic (exact) mass is 881 g/mol. The second-order valence-electron chi connectivity index (χ2n) is 19.6. The van der Waals surface area contributed by atoms with Crippen molar-refractivity contribution >= 4 is 34.3 Å². The second-order valence-corrected chi connectivity index (χ2v) is 20.4. The summed E-state index contributed by atoms with van der Waals surface area (Å²) in [6.07, 6.45) is 4.30. The van der Waals surface area contributed by atoms with Crippen LogP contribution in [0.25, 0.3) is 39.1 Å². The van der Waals surface area contributed by atoms with Gasteiger partial charge in [0.2, 0.25) is 0 Å². The van der Waals surface area contributed by atoms with E-state index in [9.17, 15) is 13.2 Å². The molecule has 64 heavy (non-hydrogen) atoms. The van der Waals surface area contributed by atoms with Gasteiger partial charge in [-0.3, -0.25) is 0 Å². The third kappa shape index (κ3) is 6.96. The minimum absolute atomic E-state index is 0.173. The van der Waals surface area contributed by atoms with Gasteiger partial charge in [-0.25, -0.2) is 0 Å². The number of ether oxygens (including phenoxy) is 4. The number of halogens is 3. The first kappa shape index (κ1) is 42.6. The molecule has 1 saturated heterocycles. The van der Waals surface area contributed by atoms with Gasteiger partial charge < -0.3 is 23.8 Å². The highest BCUT2D eigenvalue weighted by atomic mass is 32.2. The minimum atomic E-state index is -4.50. The summed E-state index contributed by atoms with van der Waals surface area (Å²) in [5.74, 6) is 2.17. The molecule has 0 N–H and O–H groups in total. The standard InChI is InChI=1S/C55H54F3NO4S/c1-51(2)31-52(3,4)33-53(32-51)46-28-37(55(56,57)58)14-21-41(46)48-44-30-47(64-7)43(34-8-15-38(16-9-34)59-24-26-62-27-25-59)29-45(44)50-42(49(48)53)22-23-54(63-50,35-10-17-39(60-5)18-11-35)36-12-19-40(61-6)20-13-36/h8-23,28-30H,24-27,31-33H2,1-7H3. The Morgan fingerprint density at radius 3 is 1.86 bits per heavy atom. The summed E-state index contributed by atoms with van der Waals surface area (Å²) >= 11 is 1.68. The molecule has 0 aromatic heterocycles. The molecule has 4 aliphatic rings. The summed E-state index contributed by atoms with van der Waals surface area (Å²) < 4.78 is 69.2.